The summed E-state index contributed by atoms with van der Waals surface area (Å²) < 4.78 is 1.94. The number of benzene rings is 1. The van der Waals surface area contributed by atoms with Crippen LogP contribution in [0, 0.1) is 6.92 Å². The Kier molecular flexibility index (Phi) is 8.62. The third-order valence-electron chi connectivity index (χ3n) is 4.75. The summed E-state index contributed by atoms with van der Waals surface area (Å²) in [4.78, 5) is 18.3. The van der Waals surface area contributed by atoms with Gasteiger partial charge in [-0.25, -0.2) is 4.99 Å². The van der Waals surface area contributed by atoms with Crippen molar-refractivity contribution in [1.82, 2.24) is 25.4 Å². The largest absolute Gasteiger partial charge is 0.353 e. The minimum atomic E-state index is 0. The molecule has 2 N–H and O–H groups in total. The molecule has 1 aromatic carbocycles. The van der Waals surface area contributed by atoms with Crippen molar-refractivity contribution in [3.05, 3.63) is 54.1 Å². The van der Waals surface area contributed by atoms with Crippen molar-refractivity contribution in [3.63, 3.8) is 0 Å². The number of nitrogens with one attached hydrogen (secondary N) is 2. The van der Waals surface area contributed by atoms with Crippen molar-refractivity contribution in [3.8, 4) is 0 Å². The lowest BCUT2D eigenvalue weighted by Crippen LogP contribution is -2.37. The number of amides is 1. The second kappa shape index (κ2) is 10.9. The van der Waals surface area contributed by atoms with E-state index < -0.39 is 0 Å². The highest BCUT2D eigenvalue weighted by molar-refractivity contribution is 14.0. The number of guanidine groups is 1. The van der Waals surface area contributed by atoms with E-state index in [0.29, 0.717) is 32.0 Å². The van der Waals surface area contributed by atoms with Crippen molar-refractivity contribution in [1.29, 1.82) is 0 Å². The monoisotopic (exact) mass is 509 g/mol. The van der Waals surface area contributed by atoms with Gasteiger partial charge in [0.2, 0.25) is 5.91 Å². The lowest BCUT2D eigenvalue weighted by atomic mass is 10.2. The molecule has 0 saturated carbocycles. The van der Waals surface area contributed by atoms with Crippen molar-refractivity contribution in [2.75, 3.05) is 18.0 Å². The van der Waals surface area contributed by atoms with E-state index in [2.05, 4.69) is 32.4 Å². The van der Waals surface area contributed by atoms with Gasteiger partial charge < -0.3 is 20.1 Å². The molecule has 0 atom stereocenters. The van der Waals surface area contributed by atoms with Crippen molar-refractivity contribution in [2.24, 2.45) is 12.0 Å². The first-order valence-electron chi connectivity index (χ1n) is 9.45. The summed E-state index contributed by atoms with van der Waals surface area (Å²) >= 11 is 0. The van der Waals surface area contributed by atoms with E-state index in [1.807, 2.05) is 47.7 Å². The molecule has 8 nitrogen and oxygen atoms in total. The summed E-state index contributed by atoms with van der Waals surface area (Å²) in [7, 11) is 1.94. The van der Waals surface area contributed by atoms with Gasteiger partial charge in [0.25, 0.3) is 0 Å². The predicted octanol–water partition coefficient (Wildman–Crippen LogP) is 2.29. The summed E-state index contributed by atoms with van der Waals surface area (Å²) in [5.41, 5.74) is 2.03. The average molecular weight is 509 g/mol. The Morgan fingerprint density at radius 1 is 1.28 bits per heavy atom. The molecule has 1 amide bonds. The number of hydrogen-bond donors (Lipinski definition) is 2. The third-order valence-corrected chi connectivity index (χ3v) is 4.75. The fourth-order valence-corrected chi connectivity index (χ4v) is 2.98. The Hall–Kier alpha value is -2.43. The number of hydrogen-bond acceptors (Lipinski definition) is 4. The molecule has 1 aromatic heterocycles. The lowest BCUT2D eigenvalue weighted by molar-refractivity contribution is -0.117. The fraction of sp³-hybridized carbons (Fsp3) is 0.400. The molecule has 9 heteroatoms. The van der Waals surface area contributed by atoms with Crippen LogP contribution in [-0.4, -0.2) is 39.7 Å². The molecule has 2 heterocycles. The van der Waals surface area contributed by atoms with E-state index in [9.17, 15) is 4.79 Å². The normalized spacial score (nSPS) is 13.9. The number of aromatic nitrogens is 3. The maximum Gasteiger partial charge on any atom is 0.227 e. The van der Waals surface area contributed by atoms with Crippen molar-refractivity contribution < 1.29 is 4.79 Å². The SMILES string of the molecule is C=CCNC(=NCc1ccc(N2CCCC2=O)cc1)NCc1nnc(C)n1C.I. The molecule has 1 aliphatic rings. The van der Waals surface area contributed by atoms with Crippen LogP contribution in [-0.2, 0) is 24.9 Å². The van der Waals surface area contributed by atoms with Gasteiger partial charge in [0, 0.05) is 32.2 Å². The molecule has 1 aliphatic heterocycles. The molecule has 3 rings (SSSR count). The zero-order valence-corrected chi connectivity index (χ0v) is 19.2. The minimum Gasteiger partial charge on any atom is -0.353 e. The summed E-state index contributed by atoms with van der Waals surface area (Å²) in [6.07, 6.45) is 3.35. The molecule has 29 heavy (non-hydrogen) atoms. The average Bonchev–Trinajstić information content (AvgIpc) is 3.27. The van der Waals surface area contributed by atoms with Gasteiger partial charge >= 0.3 is 0 Å². The van der Waals surface area contributed by atoms with Crippen molar-refractivity contribution in [2.45, 2.75) is 32.9 Å². The van der Waals surface area contributed by atoms with Crippen LogP contribution in [0.4, 0.5) is 5.69 Å². The number of carbonyl (C=O) groups excluding carboxylic acids is 1. The first-order chi connectivity index (χ1) is 13.6. The lowest BCUT2D eigenvalue weighted by Gasteiger charge is -2.16. The zero-order valence-electron chi connectivity index (χ0n) is 16.9. The molecular weight excluding hydrogens is 481 g/mol. The van der Waals surface area contributed by atoms with E-state index in [1.165, 1.54) is 0 Å². The third kappa shape index (κ3) is 6.02. The minimum absolute atomic E-state index is 0. The molecule has 156 valence electrons. The first kappa shape index (κ1) is 22.9. The summed E-state index contributed by atoms with van der Waals surface area (Å²) in [5.74, 6) is 2.58. The number of nitrogens with zero attached hydrogens (tertiary/aromatic N) is 5. The summed E-state index contributed by atoms with van der Waals surface area (Å²) in [6, 6.07) is 8.00. The highest BCUT2D eigenvalue weighted by Crippen LogP contribution is 2.21. The van der Waals surface area contributed by atoms with Gasteiger partial charge in [0.15, 0.2) is 11.8 Å². The van der Waals surface area contributed by atoms with Gasteiger partial charge in [-0.3, -0.25) is 4.79 Å². The highest BCUT2D eigenvalue weighted by Gasteiger charge is 2.21. The van der Waals surface area contributed by atoms with Crippen LogP contribution >= 0.6 is 24.0 Å². The Morgan fingerprint density at radius 2 is 2.03 bits per heavy atom. The first-order valence-corrected chi connectivity index (χ1v) is 9.45. The summed E-state index contributed by atoms with van der Waals surface area (Å²) in [5, 5.41) is 14.7. The van der Waals surface area contributed by atoms with Crippen LogP contribution in [0.2, 0.25) is 0 Å². The van der Waals surface area contributed by atoms with Gasteiger partial charge in [-0.05, 0) is 31.0 Å². The second-order valence-electron chi connectivity index (χ2n) is 6.73. The van der Waals surface area contributed by atoms with Gasteiger partial charge in [0.1, 0.15) is 5.82 Å². The van der Waals surface area contributed by atoms with E-state index in [1.54, 1.807) is 6.08 Å². The number of carbonyl (C=O) groups is 1. The predicted molar refractivity (Wildman–Crippen MR) is 125 cm³/mol. The Labute approximate surface area is 188 Å². The highest BCUT2D eigenvalue weighted by atomic mass is 127. The zero-order chi connectivity index (χ0) is 19.9. The maximum absolute atomic E-state index is 11.9. The number of aliphatic imine (C=N–C) groups is 1. The number of aryl methyl sites for hydroxylation is 1. The second-order valence-corrected chi connectivity index (χ2v) is 6.73. The van der Waals surface area contributed by atoms with Crippen LogP contribution < -0.4 is 15.5 Å². The molecule has 1 saturated heterocycles. The van der Waals surface area contributed by atoms with Crippen LogP contribution in [0.15, 0.2) is 41.9 Å². The van der Waals surface area contributed by atoms with Gasteiger partial charge in [-0.15, -0.1) is 40.8 Å². The van der Waals surface area contributed by atoms with Crippen LogP contribution in [0.25, 0.3) is 0 Å². The number of anilines is 1. The molecule has 0 spiro atoms. The van der Waals surface area contributed by atoms with Crippen molar-refractivity contribution >= 4 is 41.5 Å². The van der Waals surface area contributed by atoms with E-state index in [0.717, 1.165) is 35.9 Å². The van der Waals surface area contributed by atoms with Crippen LogP contribution in [0.1, 0.15) is 30.1 Å². The molecular formula is C20H28IN7O. The molecule has 0 radical (unpaired) electrons. The van der Waals surface area contributed by atoms with Gasteiger partial charge in [-0.2, -0.15) is 0 Å². The molecule has 0 unspecified atom stereocenters. The van der Waals surface area contributed by atoms with Crippen LogP contribution in [0.3, 0.4) is 0 Å². The Morgan fingerprint density at radius 3 is 2.62 bits per heavy atom. The Bertz CT molecular complexity index is 860. The van der Waals surface area contributed by atoms with Gasteiger partial charge in [0.05, 0.1) is 13.1 Å². The van der Waals surface area contributed by atoms with E-state index in [-0.39, 0.29) is 29.9 Å². The molecule has 0 aliphatic carbocycles. The fourth-order valence-electron chi connectivity index (χ4n) is 2.98. The molecule has 1 fully saturated rings. The summed E-state index contributed by atoms with van der Waals surface area (Å²) in [6.45, 7) is 8.12. The Balaban J connectivity index is 0.00000300. The van der Waals surface area contributed by atoms with E-state index in [4.69, 9.17) is 0 Å². The van der Waals surface area contributed by atoms with Crippen LogP contribution in [0.5, 0.6) is 0 Å². The van der Waals surface area contributed by atoms with E-state index >= 15 is 0 Å². The number of halogens is 1. The standard InChI is InChI=1S/C20H27N7O.HI/c1-4-11-21-20(23-14-18-25-24-15(2)26(18)3)22-13-16-7-9-17(10-8-16)27-12-5-6-19(27)28;/h4,7-10H,1,5-6,11-14H2,2-3H3,(H2,21,22,23);1H. The maximum atomic E-state index is 11.9. The number of rotatable bonds is 7. The molecule has 0 bridgehead atoms. The molecule has 2 aromatic rings. The quantitative estimate of drug-likeness (QED) is 0.259. The smallest absolute Gasteiger partial charge is 0.227 e. The topological polar surface area (TPSA) is 87.4 Å². The van der Waals surface area contributed by atoms with Gasteiger partial charge in [-0.1, -0.05) is 18.2 Å².